The summed E-state index contributed by atoms with van der Waals surface area (Å²) in [6.45, 7) is 2.51. The van der Waals surface area contributed by atoms with Crippen LogP contribution < -0.4 is 10.6 Å². The van der Waals surface area contributed by atoms with Gasteiger partial charge < -0.3 is 10.6 Å². The van der Waals surface area contributed by atoms with Crippen LogP contribution in [0.25, 0.3) is 0 Å². The van der Waals surface area contributed by atoms with Gasteiger partial charge in [0.1, 0.15) is 0 Å². The number of halogens is 3. The first-order chi connectivity index (χ1) is 9.95. The lowest BCUT2D eigenvalue weighted by molar-refractivity contribution is 0.926. The molecule has 2 rings (SSSR count). The van der Waals surface area contributed by atoms with Gasteiger partial charge in [-0.25, -0.2) is 0 Å². The molecular formula is C15H13Cl3N2S. The number of thiocarbonyl (C=S) groups is 1. The van der Waals surface area contributed by atoms with Crippen LogP contribution in [-0.4, -0.2) is 5.11 Å². The zero-order valence-corrected chi connectivity index (χ0v) is 14.3. The Morgan fingerprint density at radius 2 is 1.76 bits per heavy atom. The van der Waals surface area contributed by atoms with Gasteiger partial charge >= 0.3 is 0 Å². The molecule has 2 aromatic rings. The van der Waals surface area contributed by atoms with E-state index < -0.39 is 0 Å². The maximum Gasteiger partial charge on any atom is 0.171 e. The van der Waals surface area contributed by atoms with Crippen molar-refractivity contribution < 1.29 is 0 Å². The van der Waals surface area contributed by atoms with Gasteiger partial charge in [-0.15, -0.1) is 0 Å². The second-order valence-corrected chi connectivity index (χ2v) is 6.15. The molecule has 2 N–H and O–H groups in total. The van der Waals surface area contributed by atoms with Crippen molar-refractivity contribution in [3.05, 3.63) is 62.6 Å². The van der Waals surface area contributed by atoms with Crippen LogP contribution in [0.5, 0.6) is 0 Å². The average Bonchev–Trinajstić information content (AvgIpc) is 2.44. The van der Waals surface area contributed by atoms with Crippen LogP contribution in [-0.2, 0) is 6.54 Å². The zero-order chi connectivity index (χ0) is 15.4. The fraction of sp³-hybridized carbons (Fsp3) is 0.133. The topological polar surface area (TPSA) is 24.1 Å². The monoisotopic (exact) mass is 358 g/mol. The van der Waals surface area contributed by atoms with E-state index >= 15 is 0 Å². The van der Waals surface area contributed by atoms with Gasteiger partial charge in [-0.2, -0.15) is 0 Å². The van der Waals surface area contributed by atoms with E-state index in [4.69, 9.17) is 47.0 Å². The van der Waals surface area contributed by atoms with Gasteiger partial charge in [-0.3, -0.25) is 0 Å². The van der Waals surface area contributed by atoms with Crippen LogP contribution in [0.1, 0.15) is 11.1 Å². The standard InChI is InChI=1S/C15H13Cl3N2S/c1-9-2-4-11(7-13(9)17)20-15(21)19-8-10-3-5-12(16)14(18)6-10/h2-7H,8H2,1H3,(H2,19,20,21). The molecule has 0 aliphatic rings. The molecule has 0 unspecified atom stereocenters. The highest BCUT2D eigenvalue weighted by Crippen LogP contribution is 2.22. The van der Waals surface area contributed by atoms with Crippen LogP contribution in [0.3, 0.4) is 0 Å². The largest absolute Gasteiger partial charge is 0.358 e. The number of hydrogen-bond acceptors (Lipinski definition) is 1. The molecule has 0 saturated heterocycles. The first-order valence-electron chi connectivity index (χ1n) is 6.20. The fourth-order valence-corrected chi connectivity index (χ4v) is 2.37. The first-order valence-corrected chi connectivity index (χ1v) is 7.75. The molecule has 21 heavy (non-hydrogen) atoms. The molecule has 110 valence electrons. The highest BCUT2D eigenvalue weighted by molar-refractivity contribution is 7.80. The minimum Gasteiger partial charge on any atom is -0.358 e. The highest BCUT2D eigenvalue weighted by Gasteiger charge is 2.02. The minimum atomic E-state index is 0.515. The lowest BCUT2D eigenvalue weighted by atomic mass is 10.2. The van der Waals surface area contributed by atoms with Gasteiger partial charge in [0.2, 0.25) is 0 Å². The van der Waals surface area contributed by atoms with Crippen molar-refractivity contribution in [1.82, 2.24) is 5.32 Å². The van der Waals surface area contributed by atoms with Gasteiger partial charge in [0.15, 0.2) is 5.11 Å². The molecular weight excluding hydrogens is 347 g/mol. The van der Waals surface area contributed by atoms with E-state index in [1.165, 1.54) is 0 Å². The molecule has 0 saturated carbocycles. The van der Waals surface area contributed by atoms with Crippen LogP contribution in [0.2, 0.25) is 15.1 Å². The molecule has 0 heterocycles. The number of nitrogens with one attached hydrogen (secondary N) is 2. The summed E-state index contributed by atoms with van der Waals surface area (Å²) < 4.78 is 0. The Kier molecular flexibility index (Phi) is 5.71. The molecule has 0 radical (unpaired) electrons. The third-order valence-electron chi connectivity index (χ3n) is 2.87. The summed E-state index contributed by atoms with van der Waals surface area (Å²) in [7, 11) is 0. The van der Waals surface area contributed by atoms with E-state index in [0.29, 0.717) is 26.7 Å². The van der Waals surface area contributed by atoms with Crippen LogP contribution in [0.4, 0.5) is 5.69 Å². The lowest BCUT2D eigenvalue weighted by Crippen LogP contribution is -2.27. The van der Waals surface area contributed by atoms with E-state index in [9.17, 15) is 0 Å². The molecule has 2 aromatic carbocycles. The van der Waals surface area contributed by atoms with E-state index in [1.54, 1.807) is 6.07 Å². The lowest BCUT2D eigenvalue weighted by Gasteiger charge is -2.12. The predicted molar refractivity (Wildman–Crippen MR) is 95.7 cm³/mol. The number of rotatable bonds is 3. The van der Waals surface area contributed by atoms with Crippen LogP contribution >= 0.6 is 47.0 Å². The van der Waals surface area contributed by atoms with Crippen molar-refractivity contribution >= 4 is 57.8 Å². The quantitative estimate of drug-likeness (QED) is 0.713. The molecule has 0 aliphatic carbocycles. The first kappa shape index (κ1) is 16.4. The molecule has 0 amide bonds. The molecule has 0 aliphatic heterocycles. The summed E-state index contributed by atoms with van der Waals surface area (Å²) in [5.41, 5.74) is 2.87. The summed E-state index contributed by atoms with van der Waals surface area (Å²) in [5, 5.41) is 8.47. The van der Waals surface area contributed by atoms with E-state index in [1.807, 2.05) is 37.3 Å². The number of hydrogen-bond donors (Lipinski definition) is 2. The summed E-state index contributed by atoms with van der Waals surface area (Å²) in [6, 6.07) is 11.2. The smallest absolute Gasteiger partial charge is 0.171 e. The molecule has 2 nitrogen and oxygen atoms in total. The van der Waals surface area contributed by atoms with E-state index in [-0.39, 0.29) is 0 Å². The summed E-state index contributed by atoms with van der Waals surface area (Å²) >= 11 is 23.2. The van der Waals surface area contributed by atoms with Gasteiger partial charge in [0.05, 0.1) is 10.0 Å². The van der Waals surface area contributed by atoms with Gasteiger partial charge in [-0.1, -0.05) is 46.9 Å². The normalized spacial score (nSPS) is 10.3. The average molecular weight is 360 g/mol. The molecule has 0 bridgehead atoms. The van der Waals surface area contributed by atoms with Gasteiger partial charge in [-0.05, 0) is 54.5 Å². The number of benzene rings is 2. The van der Waals surface area contributed by atoms with Crippen molar-refractivity contribution in [1.29, 1.82) is 0 Å². The van der Waals surface area contributed by atoms with E-state index in [0.717, 1.165) is 16.8 Å². The minimum absolute atomic E-state index is 0.515. The van der Waals surface area contributed by atoms with Crippen LogP contribution in [0.15, 0.2) is 36.4 Å². The fourth-order valence-electron chi connectivity index (χ4n) is 1.68. The highest BCUT2D eigenvalue weighted by atomic mass is 35.5. The Labute approximate surface area is 144 Å². The molecule has 6 heteroatoms. The molecule has 0 spiro atoms. The van der Waals surface area contributed by atoms with Crippen molar-refractivity contribution in [3.63, 3.8) is 0 Å². The second kappa shape index (κ2) is 7.32. The van der Waals surface area contributed by atoms with Crippen molar-refractivity contribution in [2.24, 2.45) is 0 Å². The third-order valence-corrected chi connectivity index (χ3v) is 4.26. The Bertz CT molecular complexity index is 674. The maximum atomic E-state index is 6.07. The molecule has 0 aromatic heterocycles. The zero-order valence-electron chi connectivity index (χ0n) is 11.2. The molecule has 0 atom stereocenters. The van der Waals surface area contributed by atoms with E-state index in [2.05, 4.69) is 10.6 Å². The Balaban J connectivity index is 1.92. The van der Waals surface area contributed by atoms with Crippen LogP contribution in [0, 0.1) is 6.92 Å². The second-order valence-electron chi connectivity index (χ2n) is 4.52. The SMILES string of the molecule is Cc1ccc(NC(=S)NCc2ccc(Cl)c(Cl)c2)cc1Cl. The Morgan fingerprint density at radius 3 is 2.43 bits per heavy atom. The van der Waals surface area contributed by atoms with Gasteiger partial charge in [0, 0.05) is 17.3 Å². The maximum absolute atomic E-state index is 6.07. The third kappa shape index (κ3) is 4.75. The summed E-state index contributed by atoms with van der Waals surface area (Å²) in [5.74, 6) is 0. The Morgan fingerprint density at radius 1 is 1.00 bits per heavy atom. The number of anilines is 1. The predicted octanol–water partition coefficient (Wildman–Crippen LogP) is 5.44. The van der Waals surface area contributed by atoms with Crippen molar-refractivity contribution in [2.45, 2.75) is 13.5 Å². The summed E-state index contributed by atoms with van der Waals surface area (Å²) in [6.07, 6.45) is 0. The van der Waals surface area contributed by atoms with Crippen molar-refractivity contribution in [2.75, 3.05) is 5.32 Å². The van der Waals surface area contributed by atoms with Gasteiger partial charge in [0.25, 0.3) is 0 Å². The number of aryl methyl sites for hydroxylation is 1. The molecule has 0 fully saturated rings. The summed E-state index contributed by atoms with van der Waals surface area (Å²) in [4.78, 5) is 0. The van der Waals surface area contributed by atoms with Crippen molar-refractivity contribution in [3.8, 4) is 0 Å². The Hall–Kier alpha value is -1.000.